The maximum Gasteiger partial charge on any atom is 0.191 e. The first-order valence-corrected chi connectivity index (χ1v) is 10.2. The lowest BCUT2D eigenvalue weighted by molar-refractivity contribution is 0.0420. The number of ether oxygens (including phenoxy) is 3. The van der Waals surface area contributed by atoms with Gasteiger partial charge in [0.25, 0.3) is 0 Å². The van der Waals surface area contributed by atoms with E-state index in [0.29, 0.717) is 13.2 Å². The molecule has 1 saturated heterocycles. The Bertz CT molecular complexity index is 551. The van der Waals surface area contributed by atoms with Crippen LogP contribution >= 0.6 is 24.0 Å². The van der Waals surface area contributed by atoms with E-state index < -0.39 is 0 Å². The number of hydrogen-bond donors (Lipinski definition) is 2. The van der Waals surface area contributed by atoms with Gasteiger partial charge in [0.1, 0.15) is 0 Å². The van der Waals surface area contributed by atoms with Gasteiger partial charge in [0, 0.05) is 32.9 Å². The van der Waals surface area contributed by atoms with Crippen molar-refractivity contribution in [1.29, 1.82) is 0 Å². The van der Waals surface area contributed by atoms with E-state index in [1.807, 2.05) is 0 Å². The first-order valence-electron chi connectivity index (χ1n) is 10.2. The van der Waals surface area contributed by atoms with E-state index in [4.69, 9.17) is 19.2 Å². The molecule has 0 aliphatic carbocycles. The van der Waals surface area contributed by atoms with Crippen LogP contribution in [0.1, 0.15) is 44.2 Å². The molecule has 1 aromatic rings. The molecule has 0 amide bonds. The summed E-state index contributed by atoms with van der Waals surface area (Å²) in [5, 5.41) is 6.69. The molecular formula is C21H36IN3O3. The summed E-state index contributed by atoms with van der Waals surface area (Å²) in [5.41, 5.74) is 2.41. The van der Waals surface area contributed by atoms with Crippen molar-refractivity contribution >= 4 is 29.9 Å². The van der Waals surface area contributed by atoms with Crippen LogP contribution < -0.4 is 10.6 Å². The van der Waals surface area contributed by atoms with Crippen molar-refractivity contribution in [2.45, 2.75) is 52.4 Å². The van der Waals surface area contributed by atoms with Crippen LogP contribution in [0, 0.1) is 0 Å². The molecule has 1 fully saturated rings. The minimum absolute atomic E-state index is 0. The Morgan fingerprint density at radius 3 is 2.71 bits per heavy atom. The molecule has 0 saturated carbocycles. The lowest BCUT2D eigenvalue weighted by Gasteiger charge is -2.13. The van der Waals surface area contributed by atoms with E-state index in [2.05, 4.69) is 48.7 Å². The number of nitrogens with one attached hydrogen (secondary N) is 2. The number of benzene rings is 1. The van der Waals surface area contributed by atoms with Crippen molar-refractivity contribution in [3.8, 4) is 0 Å². The first kappa shape index (κ1) is 25.1. The second-order valence-corrected chi connectivity index (χ2v) is 6.65. The van der Waals surface area contributed by atoms with Gasteiger partial charge in [-0.2, -0.15) is 0 Å². The van der Waals surface area contributed by atoms with Crippen LogP contribution in [0.4, 0.5) is 0 Å². The van der Waals surface area contributed by atoms with Crippen LogP contribution in [0.15, 0.2) is 29.3 Å². The van der Waals surface area contributed by atoms with Crippen LogP contribution in [0.5, 0.6) is 0 Å². The summed E-state index contributed by atoms with van der Waals surface area (Å²) in [6.07, 6.45) is 3.27. The Balaban J connectivity index is 0.00000392. The predicted molar refractivity (Wildman–Crippen MR) is 124 cm³/mol. The lowest BCUT2D eigenvalue weighted by atomic mass is 10.1. The van der Waals surface area contributed by atoms with Crippen molar-refractivity contribution in [3.05, 3.63) is 35.4 Å². The second kappa shape index (κ2) is 16.0. The standard InChI is InChI=1S/C21H35N3O3.HI/c1-3-12-25-16-19-9-6-5-8-18(19)15-24-21(22-4-2)23-11-7-13-27-20-10-14-26-17-20;/h5-6,8-9,20H,3-4,7,10-17H2,1-2H3,(H2,22,23,24);1H. The predicted octanol–water partition coefficient (Wildman–Crippen LogP) is 3.48. The average Bonchev–Trinajstić information content (AvgIpc) is 3.20. The summed E-state index contributed by atoms with van der Waals surface area (Å²) in [4.78, 5) is 4.73. The summed E-state index contributed by atoms with van der Waals surface area (Å²) >= 11 is 0. The Morgan fingerprint density at radius 1 is 1.18 bits per heavy atom. The quantitative estimate of drug-likeness (QED) is 0.197. The minimum Gasteiger partial charge on any atom is -0.379 e. The highest BCUT2D eigenvalue weighted by Crippen LogP contribution is 2.12. The van der Waals surface area contributed by atoms with Crippen LogP contribution in [0.2, 0.25) is 0 Å². The van der Waals surface area contributed by atoms with E-state index in [1.165, 1.54) is 11.1 Å². The van der Waals surface area contributed by atoms with E-state index in [9.17, 15) is 0 Å². The zero-order chi connectivity index (χ0) is 19.2. The number of guanidine groups is 1. The monoisotopic (exact) mass is 505 g/mol. The van der Waals surface area contributed by atoms with Gasteiger partial charge in [-0.05, 0) is 37.3 Å². The molecule has 1 aliphatic heterocycles. The molecule has 0 spiro atoms. The number of aliphatic imine (C=N–C) groups is 1. The van der Waals surface area contributed by atoms with Gasteiger partial charge in [-0.3, -0.25) is 0 Å². The highest BCUT2D eigenvalue weighted by molar-refractivity contribution is 14.0. The smallest absolute Gasteiger partial charge is 0.191 e. The molecule has 1 heterocycles. The fraction of sp³-hybridized carbons (Fsp3) is 0.667. The number of nitrogens with zero attached hydrogens (tertiary/aromatic N) is 1. The Morgan fingerprint density at radius 2 is 2.00 bits per heavy atom. The fourth-order valence-corrected chi connectivity index (χ4v) is 2.86. The highest BCUT2D eigenvalue weighted by Gasteiger charge is 2.15. The van der Waals surface area contributed by atoms with E-state index in [1.54, 1.807) is 0 Å². The molecule has 1 aliphatic rings. The number of hydrogen-bond acceptors (Lipinski definition) is 4. The summed E-state index contributed by atoms with van der Waals surface area (Å²) in [6, 6.07) is 8.34. The molecule has 1 atom stereocenters. The molecule has 2 rings (SSSR count). The van der Waals surface area contributed by atoms with Crippen LogP contribution in [0.25, 0.3) is 0 Å². The zero-order valence-electron chi connectivity index (χ0n) is 17.2. The summed E-state index contributed by atoms with van der Waals surface area (Å²) in [6.45, 7) is 10.2. The third-order valence-electron chi connectivity index (χ3n) is 4.33. The summed E-state index contributed by atoms with van der Waals surface area (Å²) < 4.78 is 16.8. The Labute approximate surface area is 186 Å². The van der Waals surface area contributed by atoms with Crippen molar-refractivity contribution in [2.75, 3.05) is 39.5 Å². The van der Waals surface area contributed by atoms with Crippen molar-refractivity contribution in [1.82, 2.24) is 10.6 Å². The number of halogens is 1. The molecule has 28 heavy (non-hydrogen) atoms. The molecule has 0 bridgehead atoms. The van der Waals surface area contributed by atoms with Crippen LogP contribution in [-0.2, 0) is 27.4 Å². The Kier molecular flexibility index (Phi) is 14.3. The van der Waals surface area contributed by atoms with Crippen LogP contribution in [0.3, 0.4) is 0 Å². The molecule has 6 nitrogen and oxygen atoms in total. The normalized spacial score (nSPS) is 16.6. The third kappa shape index (κ3) is 10.0. The van der Waals surface area contributed by atoms with Gasteiger partial charge in [-0.1, -0.05) is 31.2 Å². The molecule has 1 unspecified atom stereocenters. The average molecular weight is 505 g/mol. The second-order valence-electron chi connectivity index (χ2n) is 6.65. The van der Waals surface area contributed by atoms with Crippen molar-refractivity contribution in [3.63, 3.8) is 0 Å². The zero-order valence-corrected chi connectivity index (χ0v) is 19.6. The molecular weight excluding hydrogens is 469 g/mol. The van der Waals surface area contributed by atoms with Gasteiger partial charge in [0.05, 0.1) is 25.9 Å². The molecule has 0 aromatic heterocycles. The maximum atomic E-state index is 5.80. The van der Waals surface area contributed by atoms with Crippen LogP contribution in [-0.4, -0.2) is 51.6 Å². The minimum atomic E-state index is 0. The molecule has 7 heteroatoms. The number of rotatable bonds is 12. The molecule has 2 N–H and O–H groups in total. The molecule has 0 radical (unpaired) electrons. The van der Waals surface area contributed by atoms with Gasteiger partial charge in [-0.15, -0.1) is 24.0 Å². The van der Waals surface area contributed by atoms with Gasteiger partial charge >= 0.3 is 0 Å². The third-order valence-corrected chi connectivity index (χ3v) is 4.33. The van der Waals surface area contributed by atoms with E-state index in [-0.39, 0.29) is 30.1 Å². The fourth-order valence-electron chi connectivity index (χ4n) is 2.86. The highest BCUT2D eigenvalue weighted by atomic mass is 127. The van der Waals surface area contributed by atoms with E-state index in [0.717, 1.165) is 64.7 Å². The summed E-state index contributed by atoms with van der Waals surface area (Å²) in [5.74, 6) is 0.839. The topological polar surface area (TPSA) is 64.1 Å². The molecule has 160 valence electrons. The van der Waals surface area contributed by atoms with Gasteiger partial charge in [0.15, 0.2) is 5.96 Å². The first-order chi connectivity index (χ1) is 13.3. The molecule has 1 aromatic carbocycles. The van der Waals surface area contributed by atoms with Gasteiger partial charge < -0.3 is 24.8 Å². The van der Waals surface area contributed by atoms with E-state index >= 15 is 0 Å². The SMILES string of the molecule is CCCOCc1ccccc1CN=C(NCC)NCCCOC1CCOC1.I. The van der Waals surface area contributed by atoms with Crippen molar-refractivity contribution in [2.24, 2.45) is 4.99 Å². The lowest BCUT2D eigenvalue weighted by Crippen LogP contribution is -2.38. The maximum absolute atomic E-state index is 5.80. The van der Waals surface area contributed by atoms with Crippen molar-refractivity contribution < 1.29 is 14.2 Å². The van der Waals surface area contributed by atoms with Gasteiger partial charge in [-0.25, -0.2) is 4.99 Å². The Hall–Kier alpha value is -0.900. The van der Waals surface area contributed by atoms with Gasteiger partial charge in [0.2, 0.25) is 0 Å². The largest absolute Gasteiger partial charge is 0.379 e. The summed E-state index contributed by atoms with van der Waals surface area (Å²) in [7, 11) is 0.